The molecule has 0 saturated heterocycles. The fraction of sp³-hybridized carbons (Fsp3) is 0.139. The number of rotatable bonds is 8. The number of hydrogen-bond acceptors (Lipinski definition) is 4. The normalized spacial score (nSPS) is 11.6. The summed E-state index contributed by atoms with van der Waals surface area (Å²) >= 11 is 0. The molecule has 0 atom stereocenters. The lowest BCUT2D eigenvalue weighted by atomic mass is 9.99. The maximum Gasteiger partial charge on any atom is 0.335 e. The van der Waals surface area contributed by atoms with Crippen molar-refractivity contribution in [3.8, 4) is 11.1 Å². The number of aromatic carboxylic acids is 1. The van der Waals surface area contributed by atoms with Gasteiger partial charge in [0.1, 0.15) is 7.14 Å². The van der Waals surface area contributed by atoms with Gasteiger partial charge in [0.2, 0.25) is 0 Å². The lowest BCUT2D eigenvalue weighted by Crippen LogP contribution is -2.23. The number of carbonyl (C=O) groups excluding carboxylic acids is 1. The van der Waals surface area contributed by atoms with Gasteiger partial charge in [-0.25, -0.2) is 4.79 Å². The van der Waals surface area contributed by atoms with Gasteiger partial charge in [0.15, 0.2) is 0 Å². The minimum Gasteiger partial charge on any atom is -0.478 e. The van der Waals surface area contributed by atoms with Crippen LogP contribution in [0.5, 0.6) is 0 Å². The number of benzene rings is 4. The predicted octanol–water partition coefficient (Wildman–Crippen LogP) is 7.09. The van der Waals surface area contributed by atoms with Crippen molar-refractivity contribution >= 4 is 46.1 Å². The van der Waals surface area contributed by atoms with E-state index in [1.165, 1.54) is 12.1 Å². The summed E-state index contributed by atoms with van der Waals surface area (Å²) in [6, 6.07) is 28.3. The fourth-order valence-corrected chi connectivity index (χ4v) is 6.41. The maximum atomic E-state index is 13.9. The summed E-state index contributed by atoms with van der Waals surface area (Å²) in [5.74, 6) is -1.24. The molecule has 2 aromatic heterocycles. The molecule has 0 radical (unpaired) electrons. The van der Waals surface area contributed by atoms with E-state index >= 15 is 0 Å². The van der Waals surface area contributed by atoms with Crippen LogP contribution in [-0.2, 0) is 17.7 Å². The molecular weight excluding hydrogens is 569 g/mol. The highest BCUT2D eigenvalue weighted by Gasteiger charge is 2.19. The highest BCUT2D eigenvalue weighted by Crippen LogP contribution is 2.37. The third-order valence-electron chi connectivity index (χ3n) is 7.96. The van der Waals surface area contributed by atoms with E-state index in [0.29, 0.717) is 12.1 Å². The van der Waals surface area contributed by atoms with Gasteiger partial charge in [-0.1, -0.05) is 36.4 Å². The molecule has 6 rings (SSSR count). The van der Waals surface area contributed by atoms with Gasteiger partial charge in [-0.05, 0) is 103 Å². The summed E-state index contributed by atoms with van der Waals surface area (Å²) in [6.45, 7) is 6.39. The standard InChI is InChI=1S/C36H32N3O4P/c1-23-16-27-7-5-14-37-33(27)20-30(23)22-39-15-13-28-17-29(26-6-4-8-31(18-26)44(2,3)43)19-32(34(28)39)35(40)38-21-24-9-11-25(12-10-24)36(41)42/h4-20H,21-22H2,1-3H3,(H,38,40)(H,41,42). The number of aryl methyl sites for hydroxylation is 1. The van der Waals surface area contributed by atoms with Crippen LogP contribution in [0.15, 0.2) is 103 Å². The summed E-state index contributed by atoms with van der Waals surface area (Å²) < 4.78 is 14.9. The molecule has 0 saturated carbocycles. The Kier molecular flexibility index (Phi) is 7.66. The van der Waals surface area contributed by atoms with Crippen molar-refractivity contribution in [2.45, 2.75) is 20.0 Å². The molecule has 220 valence electrons. The molecule has 44 heavy (non-hydrogen) atoms. The van der Waals surface area contributed by atoms with Gasteiger partial charge in [-0.15, -0.1) is 0 Å². The Morgan fingerprint density at radius 2 is 1.68 bits per heavy atom. The molecule has 0 aliphatic rings. The summed E-state index contributed by atoms with van der Waals surface area (Å²) in [6.07, 6.45) is 3.79. The first-order valence-electron chi connectivity index (χ1n) is 14.3. The Balaban J connectivity index is 1.42. The second kappa shape index (κ2) is 11.6. The molecule has 0 unspecified atom stereocenters. The molecule has 8 heteroatoms. The second-order valence-corrected chi connectivity index (χ2v) is 14.7. The van der Waals surface area contributed by atoms with E-state index < -0.39 is 13.1 Å². The number of carbonyl (C=O) groups is 2. The van der Waals surface area contributed by atoms with E-state index in [9.17, 15) is 19.3 Å². The van der Waals surface area contributed by atoms with E-state index in [2.05, 4.69) is 40.0 Å². The van der Waals surface area contributed by atoms with Gasteiger partial charge in [0.05, 0.1) is 22.2 Å². The van der Waals surface area contributed by atoms with Crippen LogP contribution in [0.4, 0.5) is 0 Å². The molecular formula is C36H32N3O4P. The van der Waals surface area contributed by atoms with Crippen molar-refractivity contribution in [1.82, 2.24) is 14.9 Å². The molecule has 0 spiro atoms. The topological polar surface area (TPSA) is 101 Å². The number of pyridine rings is 1. The molecule has 2 heterocycles. The first kappa shape index (κ1) is 29.1. The van der Waals surface area contributed by atoms with Crippen molar-refractivity contribution in [2.75, 3.05) is 13.3 Å². The monoisotopic (exact) mass is 601 g/mol. The van der Waals surface area contributed by atoms with Gasteiger partial charge in [0.25, 0.3) is 5.91 Å². The molecule has 0 aliphatic carbocycles. The number of hydrogen-bond donors (Lipinski definition) is 2. The summed E-state index contributed by atoms with van der Waals surface area (Å²) in [4.78, 5) is 29.7. The average molecular weight is 602 g/mol. The van der Waals surface area contributed by atoms with Crippen molar-refractivity contribution in [2.24, 2.45) is 0 Å². The Morgan fingerprint density at radius 3 is 2.43 bits per heavy atom. The summed E-state index contributed by atoms with van der Waals surface area (Å²) in [5, 5.41) is 15.0. The highest BCUT2D eigenvalue weighted by atomic mass is 31.2. The zero-order valence-electron chi connectivity index (χ0n) is 24.7. The number of fused-ring (bicyclic) bond motifs is 2. The van der Waals surface area contributed by atoms with Gasteiger partial charge in [-0.2, -0.15) is 0 Å². The van der Waals surface area contributed by atoms with Gasteiger partial charge in [0, 0.05) is 41.6 Å². The van der Waals surface area contributed by atoms with E-state index in [-0.39, 0.29) is 18.0 Å². The summed E-state index contributed by atoms with van der Waals surface area (Å²) in [7, 11) is -2.48. The molecule has 4 aromatic carbocycles. The second-order valence-electron chi connectivity index (χ2n) is 11.5. The number of nitrogens with zero attached hydrogens (tertiary/aromatic N) is 2. The number of nitrogens with one attached hydrogen (secondary N) is 1. The lowest BCUT2D eigenvalue weighted by Gasteiger charge is -2.15. The number of carboxylic acids is 1. The summed E-state index contributed by atoms with van der Waals surface area (Å²) in [5.41, 5.74) is 7.21. The van der Waals surface area contributed by atoms with Gasteiger partial charge in [-0.3, -0.25) is 9.78 Å². The van der Waals surface area contributed by atoms with Crippen LogP contribution in [-0.4, -0.2) is 39.9 Å². The Morgan fingerprint density at radius 1 is 0.886 bits per heavy atom. The number of aromatic nitrogens is 2. The zero-order valence-corrected chi connectivity index (χ0v) is 25.6. The smallest absolute Gasteiger partial charge is 0.335 e. The van der Waals surface area contributed by atoms with Gasteiger partial charge >= 0.3 is 5.97 Å². The van der Waals surface area contributed by atoms with Crippen LogP contribution in [0.3, 0.4) is 0 Å². The quantitative estimate of drug-likeness (QED) is 0.182. The highest BCUT2D eigenvalue weighted by molar-refractivity contribution is 7.70. The fourth-order valence-electron chi connectivity index (χ4n) is 5.52. The van der Waals surface area contributed by atoms with Crippen molar-refractivity contribution < 1.29 is 19.3 Å². The first-order chi connectivity index (χ1) is 21.1. The van der Waals surface area contributed by atoms with E-state index in [4.69, 9.17) is 0 Å². The zero-order chi connectivity index (χ0) is 31.0. The lowest BCUT2D eigenvalue weighted by molar-refractivity contribution is 0.0696. The molecule has 0 aliphatic heterocycles. The maximum absolute atomic E-state index is 13.9. The molecule has 7 nitrogen and oxygen atoms in total. The van der Waals surface area contributed by atoms with Crippen LogP contribution in [0.1, 0.15) is 37.4 Å². The van der Waals surface area contributed by atoms with Gasteiger partial charge < -0.3 is 19.6 Å². The number of carboxylic acid groups (broad SMARTS) is 1. The van der Waals surface area contributed by atoms with Crippen molar-refractivity contribution in [1.29, 1.82) is 0 Å². The van der Waals surface area contributed by atoms with Crippen LogP contribution in [0.2, 0.25) is 0 Å². The Labute approximate surface area is 255 Å². The Bertz CT molecular complexity index is 2110. The predicted molar refractivity (Wildman–Crippen MR) is 177 cm³/mol. The van der Waals surface area contributed by atoms with Crippen LogP contribution >= 0.6 is 7.14 Å². The van der Waals surface area contributed by atoms with E-state index in [1.807, 2.05) is 54.7 Å². The van der Waals surface area contributed by atoms with E-state index in [1.54, 1.807) is 31.7 Å². The first-order valence-corrected chi connectivity index (χ1v) is 16.9. The van der Waals surface area contributed by atoms with E-state index in [0.717, 1.165) is 54.9 Å². The molecule has 0 fully saturated rings. The minimum absolute atomic E-state index is 0.192. The Hall–Kier alpha value is -5.00. The van der Waals surface area contributed by atoms with Crippen molar-refractivity contribution in [3.63, 3.8) is 0 Å². The minimum atomic E-state index is -2.48. The van der Waals surface area contributed by atoms with Crippen LogP contribution in [0.25, 0.3) is 32.9 Å². The van der Waals surface area contributed by atoms with Crippen LogP contribution in [0, 0.1) is 6.92 Å². The largest absolute Gasteiger partial charge is 0.478 e. The van der Waals surface area contributed by atoms with Crippen molar-refractivity contribution in [3.05, 3.63) is 131 Å². The molecule has 2 N–H and O–H groups in total. The molecule has 1 amide bonds. The molecule has 6 aromatic rings. The number of amides is 1. The SMILES string of the molecule is Cc1cc2cccnc2cc1Cn1ccc2cc(-c3cccc(P(C)(C)=O)c3)cc(C(=O)NCc3ccc(C(=O)O)cc3)c21. The third-order valence-corrected chi connectivity index (χ3v) is 9.48. The average Bonchev–Trinajstić information content (AvgIpc) is 3.42. The third kappa shape index (κ3) is 5.92. The molecule has 0 bridgehead atoms. The van der Waals surface area contributed by atoms with Crippen LogP contribution < -0.4 is 10.6 Å².